The molecule has 0 saturated carbocycles. The number of hydrogen-bond acceptors (Lipinski definition) is 3. The lowest BCUT2D eigenvalue weighted by atomic mass is 10.7. The first kappa shape index (κ1) is 13.2. The second-order valence-corrected chi connectivity index (χ2v) is 3.29. The Morgan fingerprint density at radius 1 is 1.45 bits per heavy atom. The molecule has 0 aliphatic rings. The van der Waals surface area contributed by atoms with E-state index < -0.39 is 26.4 Å². The molecule has 0 aromatic rings. The van der Waals surface area contributed by atoms with Crippen LogP contribution < -0.4 is 5.32 Å². The zero-order chi connectivity index (χ0) is 8.20. The van der Waals surface area contributed by atoms with Gasteiger partial charge in [-0.2, -0.15) is 0 Å². The molecule has 7 nitrogen and oxygen atoms in total. The number of carboxylic acids is 1. The highest BCUT2D eigenvalue weighted by molar-refractivity contribution is 7.51. The number of rotatable bonds is 4. The monoisotopic (exact) mass is 187 g/mol. The Labute approximate surface area is 62.5 Å². The largest absolute Gasteiger partial charge is 0.480 e. The maximum Gasteiger partial charge on any atom is 0.339 e. The molecule has 0 saturated heterocycles. The molecule has 0 unspecified atom stereocenters. The van der Waals surface area contributed by atoms with Crippen molar-refractivity contribution in [3.8, 4) is 0 Å². The predicted octanol–water partition coefficient (Wildman–Crippen LogP) is -2.03. The van der Waals surface area contributed by atoms with Gasteiger partial charge in [-0.25, -0.2) is 0 Å². The molecule has 0 aliphatic carbocycles. The van der Waals surface area contributed by atoms with Gasteiger partial charge in [-0.15, -0.1) is 0 Å². The van der Waals surface area contributed by atoms with Crippen LogP contribution in [0, 0.1) is 0 Å². The molecular formula is C3H10NO6P. The van der Waals surface area contributed by atoms with Crippen LogP contribution in [0.4, 0.5) is 0 Å². The zero-order valence-corrected chi connectivity index (χ0v) is 6.41. The normalized spacial score (nSPS) is 10.4. The summed E-state index contributed by atoms with van der Waals surface area (Å²) in [6.07, 6.45) is -0.598. The van der Waals surface area contributed by atoms with Crippen LogP contribution in [0.15, 0.2) is 0 Å². The van der Waals surface area contributed by atoms with Crippen LogP contribution in [0.2, 0.25) is 0 Å². The number of carboxylic acid groups (broad SMARTS) is 1. The molecule has 11 heavy (non-hydrogen) atoms. The minimum atomic E-state index is -4.10. The van der Waals surface area contributed by atoms with Crippen LogP contribution in [-0.2, 0) is 9.36 Å². The van der Waals surface area contributed by atoms with Gasteiger partial charge >= 0.3 is 13.6 Å². The van der Waals surface area contributed by atoms with E-state index in [0.29, 0.717) is 0 Å². The van der Waals surface area contributed by atoms with Gasteiger partial charge in [0.05, 0.1) is 12.8 Å². The van der Waals surface area contributed by atoms with Gasteiger partial charge in [0.1, 0.15) is 0 Å². The van der Waals surface area contributed by atoms with Crippen LogP contribution in [-0.4, -0.2) is 39.2 Å². The van der Waals surface area contributed by atoms with E-state index in [2.05, 4.69) is 5.32 Å². The fourth-order valence-corrected chi connectivity index (χ4v) is 0.712. The minimum absolute atomic E-state index is 0. The van der Waals surface area contributed by atoms with Crippen molar-refractivity contribution in [2.45, 2.75) is 0 Å². The summed E-state index contributed by atoms with van der Waals surface area (Å²) in [5.74, 6) is -1.14. The van der Waals surface area contributed by atoms with E-state index in [4.69, 9.17) is 14.9 Å². The van der Waals surface area contributed by atoms with Gasteiger partial charge < -0.3 is 20.4 Å². The second-order valence-electron chi connectivity index (χ2n) is 1.64. The molecule has 0 radical (unpaired) electrons. The topological polar surface area (TPSA) is 138 Å². The molecule has 68 valence electrons. The quantitative estimate of drug-likeness (QED) is 0.374. The minimum Gasteiger partial charge on any atom is -0.480 e. The van der Waals surface area contributed by atoms with Gasteiger partial charge in [0.15, 0.2) is 0 Å². The summed E-state index contributed by atoms with van der Waals surface area (Å²) in [7, 11) is -4.10. The van der Waals surface area contributed by atoms with E-state index in [1.165, 1.54) is 0 Å². The van der Waals surface area contributed by atoms with Crippen LogP contribution in [0.5, 0.6) is 0 Å². The summed E-state index contributed by atoms with van der Waals surface area (Å²) in [6.45, 7) is -0.439. The van der Waals surface area contributed by atoms with E-state index >= 15 is 0 Å². The van der Waals surface area contributed by atoms with Gasteiger partial charge in [0.2, 0.25) is 0 Å². The summed E-state index contributed by atoms with van der Waals surface area (Å²) in [5, 5.41) is 10.1. The third-order valence-corrected chi connectivity index (χ3v) is 1.23. The molecule has 0 fully saturated rings. The Morgan fingerprint density at radius 3 is 2.18 bits per heavy atom. The maximum absolute atomic E-state index is 10.1. The highest BCUT2D eigenvalue weighted by Gasteiger charge is 2.11. The number of hydrogen-bond donors (Lipinski definition) is 4. The number of nitrogens with one attached hydrogen (secondary N) is 1. The van der Waals surface area contributed by atoms with Gasteiger partial charge in [-0.1, -0.05) is 0 Å². The van der Waals surface area contributed by atoms with Crippen molar-refractivity contribution in [1.29, 1.82) is 0 Å². The lowest BCUT2D eigenvalue weighted by Gasteiger charge is -2.02. The summed E-state index contributed by atoms with van der Waals surface area (Å²) in [4.78, 5) is 26.1. The summed E-state index contributed by atoms with van der Waals surface area (Å²) in [6, 6.07) is 0. The molecule has 0 atom stereocenters. The van der Waals surface area contributed by atoms with Crippen molar-refractivity contribution < 1.29 is 29.7 Å². The molecule has 0 rings (SSSR count). The standard InChI is InChI=1S/C3H8NO5P.H2O/c5-3(6)1-4-2-10(7,8)9;/h4H,1-2H2,(H,5,6)(H2,7,8,9);1H2. The Hall–Kier alpha value is -0.460. The van der Waals surface area contributed by atoms with Crippen molar-refractivity contribution in [3.05, 3.63) is 0 Å². The van der Waals surface area contributed by atoms with Crippen molar-refractivity contribution in [2.75, 3.05) is 12.8 Å². The highest BCUT2D eigenvalue weighted by Crippen LogP contribution is 2.31. The Bertz CT molecular complexity index is 163. The van der Waals surface area contributed by atoms with E-state index in [-0.39, 0.29) is 5.48 Å². The molecule has 0 amide bonds. The van der Waals surface area contributed by atoms with Crippen molar-refractivity contribution >= 4 is 13.6 Å². The van der Waals surface area contributed by atoms with Crippen molar-refractivity contribution in [1.82, 2.24) is 5.32 Å². The first-order chi connectivity index (χ1) is 4.42. The SMILES string of the molecule is O.O=C(O)CNCP(=O)(O)O. The molecule has 0 aliphatic heterocycles. The van der Waals surface area contributed by atoms with Crippen molar-refractivity contribution in [3.63, 3.8) is 0 Å². The zero-order valence-electron chi connectivity index (χ0n) is 5.52. The summed E-state index contributed by atoms with van der Waals surface area (Å²) < 4.78 is 10.1. The third kappa shape index (κ3) is 12.7. The molecule has 0 heterocycles. The smallest absolute Gasteiger partial charge is 0.339 e. The summed E-state index contributed by atoms with van der Waals surface area (Å²) in [5.41, 5.74) is 0. The Morgan fingerprint density at radius 2 is 1.91 bits per heavy atom. The average Bonchev–Trinajstić information content (AvgIpc) is 1.59. The fourth-order valence-electron chi connectivity index (χ4n) is 0.308. The van der Waals surface area contributed by atoms with E-state index in [1.54, 1.807) is 0 Å². The highest BCUT2D eigenvalue weighted by atomic mass is 31.2. The van der Waals surface area contributed by atoms with Gasteiger partial charge in [0, 0.05) is 0 Å². The van der Waals surface area contributed by atoms with Gasteiger partial charge in [-0.05, 0) is 0 Å². The Balaban J connectivity index is 0. The van der Waals surface area contributed by atoms with E-state index in [9.17, 15) is 9.36 Å². The second kappa shape index (κ2) is 5.22. The molecular weight excluding hydrogens is 177 g/mol. The predicted molar refractivity (Wildman–Crippen MR) is 36.2 cm³/mol. The molecule has 0 spiro atoms. The third-order valence-electron chi connectivity index (χ3n) is 0.594. The van der Waals surface area contributed by atoms with Gasteiger partial charge in [0.25, 0.3) is 0 Å². The van der Waals surface area contributed by atoms with Gasteiger partial charge in [-0.3, -0.25) is 14.7 Å². The average molecular weight is 187 g/mol. The van der Waals surface area contributed by atoms with Crippen LogP contribution in [0.1, 0.15) is 0 Å². The number of carbonyl (C=O) groups is 1. The van der Waals surface area contributed by atoms with Crippen LogP contribution >= 0.6 is 7.60 Å². The van der Waals surface area contributed by atoms with Crippen LogP contribution in [0.3, 0.4) is 0 Å². The van der Waals surface area contributed by atoms with Crippen molar-refractivity contribution in [2.24, 2.45) is 0 Å². The molecule has 6 N–H and O–H groups in total. The maximum atomic E-state index is 10.1. The first-order valence-electron chi connectivity index (χ1n) is 2.39. The Kier molecular flexibility index (Phi) is 6.25. The lowest BCUT2D eigenvalue weighted by molar-refractivity contribution is -0.135. The van der Waals surface area contributed by atoms with E-state index in [0.717, 1.165) is 0 Å². The first-order valence-corrected chi connectivity index (χ1v) is 4.18. The molecule has 0 aromatic heterocycles. The van der Waals surface area contributed by atoms with E-state index in [1.807, 2.05) is 0 Å². The lowest BCUT2D eigenvalue weighted by Crippen LogP contribution is -2.23. The molecule has 0 aromatic carbocycles. The molecule has 0 bridgehead atoms. The van der Waals surface area contributed by atoms with Crippen LogP contribution in [0.25, 0.3) is 0 Å². The number of aliphatic carboxylic acids is 1. The fraction of sp³-hybridized carbons (Fsp3) is 0.667. The summed E-state index contributed by atoms with van der Waals surface area (Å²) >= 11 is 0. The molecule has 8 heteroatoms.